The molecule has 0 radical (unpaired) electrons. The predicted octanol–water partition coefficient (Wildman–Crippen LogP) is 2.56. The molecule has 1 N–H and O–H groups in total. The number of carbonyl (C=O) groups excluding carboxylic acids is 1. The Hall–Kier alpha value is -2.40. The highest BCUT2D eigenvalue weighted by atomic mass is 16.5. The third kappa shape index (κ3) is 3.87. The summed E-state index contributed by atoms with van der Waals surface area (Å²) in [6, 6.07) is 10.9. The normalized spacial score (nSPS) is 17.3. The van der Waals surface area contributed by atoms with Gasteiger partial charge in [-0.3, -0.25) is 9.78 Å². The quantitative estimate of drug-likeness (QED) is 0.922. The fourth-order valence-corrected chi connectivity index (χ4v) is 2.89. The number of aromatic nitrogens is 1. The lowest BCUT2D eigenvalue weighted by atomic mass is 10.1. The van der Waals surface area contributed by atoms with Crippen LogP contribution in [-0.4, -0.2) is 42.5 Å². The van der Waals surface area contributed by atoms with E-state index in [1.165, 1.54) is 0 Å². The summed E-state index contributed by atoms with van der Waals surface area (Å²) in [5.74, 6) is 1.98. The average Bonchev–Trinajstić information content (AvgIpc) is 3.04. The van der Waals surface area contributed by atoms with Crippen LogP contribution < -0.4 is 10.1 Å². The average molecular weight is 311 g/mol. The molecule has 3 rings (SSSR count). The molecule has 1 amide bonds. The monoisotopic (exact) mass is 311 g/mol. The van der Waals surface area contributed by atoms with Crippen molar-refractivity contribution in [3.8, 4) is 11.5 Å². The second kappa shape index (κ2) is 7.24. The minimum atomic E-state index is 0.0729. The first-order chi connectivity index (χ1) is 11.3. The van der Waals surface area contributed by atoms with Crippen molar-refractivity contribution in [3.63, 3.8) is 0 Å². The van der Waals surface area contributed by atoms with Gasteiger partial charge < -0.3 is 15.0 Å². The molecule has 1 aliphatic rings. The Kier molecular flexibility index (Phi) is 4.88. The number of amides is 1. The van der Waals surface area contributed by atoms with Gasteiger partial charge in [-0.15, -0.1) is 0 Å². The highest BCUT2D eigenvalue weighted by molar-refractivity contribution is 5.94. The van der Waals surface area contributed by atoms with Crippen molar-refractivity contribution >= 4 is 5.91 Å². The molecule has 5 heteroatoms. The van der Waals surface area contributed by atoms with E-state index in [4.69, 9.17) is 4.74 Å². The number of benzene rings is 1. The highest BCUT2D eigenvalue weighted by Crippen LogP contribution is 2.23. The first kappa shape index (κ1) is 15.5. The molecule has 1 saturated heterocycles. The number of nitrogens with zero attached hydrogens (tertiary/aromatic N) is 2. The number of carbonyl (C=O) groups is 1. The second-order valence-corrected chi connectivity index (χ2v) is 5.78. The maximum absolute atomic E-state index is 12.6. The van der Waals surface area contributed by atoms with E-state index in [9.17, 15) is 4.79 Å². The third-order valence-electron chi connectivity index (χ3n) is 4.03. The van der Waals surface area contributed by atoms with E-state index in [0.717, 1.165) is 26.1 Å². The number of rotatable bonds is 5. The largest absolute Gasteiger partial charge is 0.457 e. The van der Waals surface area contributed by atoms with Gasteiger partial charge in [0.15, 0.2) is 0 Å². The number of nitrogens with one attached hydrogen (secondary N) is 1. The molecular formula is C18H21N3O2. The van der Waals surface area contributed by atoms with Crippen LogP contribution in [0.3, 0.4) is 0 Å². The highest BCUT2D eigenvalue weighted by Gasteiger charge is 2.26. The molecule has 0 unspecified atom stereocenters. The van der Waals surface area contributed by atoms with Crippen molar-refractivity contribution < 1.29 is 9.53 Å². The van der Waals surface area contributed by atoms with Crippen molar-refractivity contribution in [3.05, 3.63) is 54.4 Å². The van der Waals surface area contributed by atoms with Crippen LogP contribution in [0.15, 0.2) is 48.8 Å². The first-order valence-corrected chi connectivity index (χ1v) is 7.88. The van der Waals surface area contributed by atoms with Crippen molar-refractivity contribution in [2.24, 2.45) is 5.92 Å². The van der Waals surface area contributed by atoms with E-state index in [1.54, 1.807) is 30.6 Å². The minimum Gasteiger partial charge on any atom is -0.457 e. The minimum absolute atomic E-state index is 0.0729. The molecule has 5 nitrogen and oxygen atoms in total. The number of pyridine rings is 1. The van der Waals surface area contributed by atoms with Gasteiger partial charge in [-0.1, -0.05) is 6.07 Å². The van der Waals surface area contributed by atoms with Crippen LogP contribution in [-0.2, 0) is 0 Å². The summed E-state index contributed by atoms with van der Waals surface area (Å²) in [6.45, 7) is 2.59. The fourth-order valence-electron chi connectivity index (χ4n) is 2.89. The molecule has 0 spiro atoms. The zero-order valence-corrected chi connectivity index (χ0v) is 13.2. The SMILES string of the molecule is CNC[C@@H]1CCN(C(=O)c2cccc(Oc3ccncc3)c2)C1. The van der Waals surface area contributed by atoms with Gasteiger partial charge in [-0.2, -0.15) is 0 Å². The van der Waals surface area contributed by atoms with E-state index in [1.807, 2.05) is 30.1 Å². The summed E-state index contributed by atoms with van der Waals surface area (Å²) in [7, 11) is 1.95. The lowest BCUT2D eigenvalue weighted by Gasteiger charge is -2.17. The second-order valence-electron chi connectivity index (χ2n) is 5.78. The number of ether oxygens (including phenoxy) is 1. The molecule has 0 aliphatic carbocycles. The Morgan fingerprint density at radius 3 is 2.91 bits per heavy atom. The topological polar surface area (TPSA) is 54.5 Å². The summed E-state index contributed by atoms with van der Waals surface area (Å²) >= 11 is 0. The zero-order valence-electron chi connectivity index (χ0n) is 13.2. The van der Waals surface area contributed by atoms with Gasteiger partial charge in [0.1, 0.15) is 11.5 Å². The summed E-state index contributed by atoms with van der Waals surface area (Å²) in [5, 5.41) is 3.18. The van der Waals surface area contributed by atoms with Crippen LogP contribution in [0.2, 0.25) is 0 Å². The van der Waals surface area contributed by atoms with E-state index in [2.05, 4.69) is 10.3 Å². The Morgan fingerprint density at radius 2 is 2.13 bits per heavy atom. The van der Waals surface area contributed by atoms with Gasteiger partial charge in [-0.25, -0.2) is 0 Å². The summed E-state index contributed by atoms with van der Waals surface area (Å²) < 4.78 is 5.77. The molecule has 1 fully saturated rings. The van der Waals surface area contributed by atoms with Crippen molar-refractivity contribution in [1.82, 2.24) is 15.2 Å². The van der Waals surface area contributed by atoms with Crippen molar-refractivity contribution in [2.45, 2.75) is 6.42 Å². The number of likely N-dealkylation sites (tertiary alicyclic amines) is 1. The van der Waals surface area contributed by atoms with Gasteiger partial charge in [-0.05, 0) is 56.3 Å². The van der Waals surface area contributed by atoms with Gasteiger partial charge in [0.2, 0.25) is 0 Å². The van der Waals surface area contributed by atoms with Crippen LogP contribution in [0.1, 0.15) is 16.8 Å². The lowest BCUT2D eigenvalue weighted by molar-refractivity contribution is 0.0787. The Balaban J connectivity index is 1.68. The molecule has 1 aliphatic heterocycles. The van der Waals surface area contributed by atoms with E-state index in [-0.39, 0.29) is 5.91 Å². The summed E-state index contributed by atoms with van der Waals surface area (Å²) in [4.78, 5) is 18.5. The first-order valence-electron chi connectivity index (χ1n) is 7.88. The molecule has 2 aromatic rings. The molecule has 120 valence electrons. The van der Waals surface area contributed by atoms with Gasteiger partial charge in [0, 0.05) is 31.0 Å². The molecule has 0 saturated carbocycles. The van der Waals surface area contributed by atoms with E-state index in [0.29, 0.717) is 23.0 Å². The van der Waals surface area contributed by atoms with Crippen LogP contribution in [0, 0.1) is 5.92 Å². The summed E-state index contributed by atoms with van der Waals surface area (Å²) in [5.41, 5.74) is 0.668. The zero-order chi connectivity index (χ0) is 16.1. The lowest BCUT2D eigenvalue weighted by Crippen LogP contribution is -2.30. The molecule has 1 aromatic heterocycles. The third-order valence-corrected chi connectivity index (χ3v) is 4.03. The molecule has 23 heavy (non-hydrogen) atoms. The van der Waals surface area contributed by atoms with E-state index >= 15 is 0 Å². The number of hydrogen-bond donors (Lipinski definition) is 1. The molecule has 1 atom stereocenters. The molecule has 2 heterocycles. The predicted molar refractivity (Wildman–Crippen MR) is 88.7 cm³/mol. The van der Waals surface area contributed by atoms with Gasteiger partial charge in [0.25, 0.3) is 5.91 Å². The Labute approximate surface area is 136 Å². The van der Waals surface area contributed by atoms with Crippen LogP contribution in [0.5, 0.6) is 11.5 Å². The fraction of sp³-hybridized carbons (Fsp3) is 0.333. The van der Waals surface area contributed by atoms with Crippen LogP contribution in [0.4, 0.5) is 0 Å². The Morgan fingerprint density at radius 1 is 1.30 bits per heavy atom. The standard InChI is InChI=1S/C18H21N3O2/c1-19-12-14-7-10-21(13-14)18(22)15-3-2-4-17(11-15)23-16-5-8-20-9-6-16/h2-6,8-9,11,14,19H,7,10,12-13H2,1H3/t14-/m0/s1. The van der Waals surface area contributed by atoms with Gasteiger partial charge >= 0.3 is 0 Å². The van der Waals surface area contributed by atoms with Crippen molar-refractivity contribution in [1.29, 1.82) is 0 Å². The van der Waals surface area contributed by atoms with Crippen molar-refractivity contribution in [2.75, 3.05) is 26.7 Å². The maximum Gasteiger partial charge on any atom is 0.253 e. The summed E-state index contributed by atoms with van der Waals surface area (Å²) in [6.07, 6.45) is 4.41. The number of hydrogen-bond acceptors (Lipinski definition) is 4. The molecule has 1 aromatic carbocycles. The van der Waals surface area contributed by atoms with Gasteiger partial charge in [0.05, 0.1) is 0 Å². The maximum atomic E-state index is 12.6. The van der Waals surface area contributed by atoms with Crippen LogP contribution in [0.25, 0.3) is 0 Å². The molecular weight excluding hydrogens is 290 g/mol. The van der Waals surface area contributed by atoms with Crippen LogP contribution >= 0.6 is 0 Å². The smallest absolute Gasteiger partial charge is 0.253 e. The van der Waals surface area contributed by atoms with E-state index < -0.39 is 0 Å². The molecule has 0 bridgehead atoms. The Bertz CT molecular complexity index is 660.